The van der Waals surface area contributed by atoms with E-state index in [4.69, 9.17) is 0 Å². The number of benzene rings is 1. The van der Waals surface area contributed by atoms with Crippen LogP contribution in [-0.2, 0) is 0 Å². The zero-order valence-corrected chi connectivity index (χ0v) is 14.7. The van der Waals surface area contributed by atoms with Crippen LogP contribution in [0.1, 0.15) is 11.3 Å². The fourth-order valence-electron chi connectivity index (χ4n) is 2.96. The molecule has 0 saturated carbocycles. The zero-order chi connectivity index (χ0) is 18.0. The van der Waals surface area contributed by atoms with Gasteiger partial charge in [0.1, 0.15) is 23.3 Å². The van der Waals surface area contributed by atoms with Crippen LogP contribution in [0.25, 0.3) is 0 Å². The smallest absolute Gasteiger partial charge is 0.226 e. The molecule has 1 fully saturated rings. The molecule has 130 valence electrons. The van der Waals surface area contributed by atoms with Gasteiger partial charge in [0.05, 0.1) is 5.69 Å². The van der Waals surface area contributed by atoms with Crippen LogP contribution in [0.4, 0.5) is 21.8 Å². The summed E-state index contributed by atoms with van der Waals surface area (Å²) >= 11 is 0. The molecule has 0 spiro atoms. The summed E-state index contributed by atoms with van der Waals surface area (Å²) in [6.45, 7) is 4.88. The average molecular weight is 340 g/mol. The van der Waals surface area contributed by atoms with Crippen LogP contribution in [0.3, 0.4) is 0 Å². The highest BCUT2D eigenvalue weighted by Gasteiger charge is 2.22. The van der Waals surface area contributed by atoms with E-state index in [9.17, 15) is 9.65 Å². The Morgan fingerprint density at radius 3 is 2.44 bits per heavy atom. The molecule has 25 heavy (non-hydrogen) atoms. The summed E-state index contributed by atoms with van der Waals surface area (Å²) in [5.74, 6) is 1.12. The molecule has 6 nitrogen and oxygen atoms in total. The highest BCUT2D eigenvalue weighted by Crippen LogP contribution is 2.25. The van der Waals surface area contributed by atoms with Gasteiger partial charge in [-0.15, -0.1) is 0 Å². The number of aromatic nitrogens is 2. The Labute approximate surface area is 147 Å². The molecular formula is C18H21FN6. The molecule has 2 heterocycles. The van der Waals surface area contributed by atoms with Gasteiger partial charge in [-0.3, -0.25) is 0 Å². The highest BCUT2D eigenvalue weighted by atomic mass is 19.1. The molecule has 0 amide bonds. The summed E-state index contributed by atoms with van der Waals surface area (Å²) in [7, 11) is 3.84. The van der Waals surface area contributed by atoms with Gasteiger partial charge < -0.3 is 14.7 Å². The van der Waals surface area contributed by atoms with Gasteiger partial charge >= 0.3 is 0 Å². The predicted molar refractivity (Wildman–Crippen MR) is 96.6 cm³/mol. The SMILES string of the molecule is Cc1cc(N2CCN(c3cccc(F)c3C#N)CC2)nc(N(C)C)n1. The molecule has 0 bridgehead atoms. The first-order chi connectivity index (χ1) is 12.0. The maximum absolute atomic E-state index is 13.8. The van der Waals surface area contributed by atoms with Gasteiger partial charge in [0, 0.05) is 52.0 Å². The van der Waals surface area contributed by atoms with Crippen molar-refractivity contribution in [3.05, 3.63) is 41.3 Å². The molecule has 0 atom stereocenters. The largest absolute Gasteiger partial charge is 0.367 e. The summed E-state index contributed by atoms with van der Waals surface area (Å²) in [6.07, 6.45) is 0. The minimum absolute atomic E-state index is 0.115. The summed E-state index contributed by atoms with van der Waals surface area (Å²) in [4.78, 5) is 15.2. The van der Waals surface area contributed by atoms with E-state index in [1.807, 2.05) is 38.1 Å². The molecule has 1 aromatic carbocycles. The van der Waals surface area contributed by atoms with Crippen molar-refractivity contribution in [3.8, 4) is 6.07 Å². The van der Waals surface area contributed by atoms with Gasteiger partial charge in [-0.25, -0.2) is 9.37 Å². The second-order valence-electron chi connectivity index (χ2n) is 6.28. The van der Waals surface area contributed by atoms with Gasteiger partial charge in [-0.1, -0.05) is 6.07 Å². The number of hydrogen-bond donors (Lipinski definition) is 0. The summed E-state index contributed by atoms with van der Waals surface area (Å²) in [5.41, 5.74) is 1.70. The Bertz CT molecular complexity index is 806. The lowest BCUT2D eigenvalue weighted by atomic mass is 10.1. The first-order valence-electron chi connectivity index (χ1n) is 8.21. The minimum Gasteiger partial charge on any atom is -0.367 e. The van der Waals surface area contributed by atoms with Crippen molar-refractivity contribution in [3.63, 3.8) is 0 Å². The molecular weight excluding hydrogens is 319 g/mol. The van der Waals surface area contributed by atoms with Crippen LogP contribution in [0.5, 0.6) is 0 Å². The lowest BCUT2D eigenvalue weighted by molar-refractivity contribution is 0.615. The summed E-state index contributed by atoms with van der Waals surface area (Å²) in [6, 6.07) is 8.73. The standard InChI is InChI=1S/C18H21FN6/c1-13-11-17(22-18(21-13)23(2)3)25-9-7-24(8-10-25)16-6-4-5-15(19)14(16)12-20/h4-6,11H,7-10H2,1-3H3. The first kappa shape index (κ1) is 17.0. The third-order valence-electron chi connectivity index (χ3n) is 4.28. The van der Waals surface area contributed by atoms with Crippen molar-refractivity contribution in [2.75, 3.05) is 55.0 Å². The Balaban J connectivity index is 1.77. The van der Waals surface area contributed by atoms with Gasteiger partial charge in [0.15, 0.2) is 0 Å². The number of anilines is 3. The van der Waals surface area contributed by atoms with Gasteiger partial charge in [0.2, 0.25) is 5.95 Å². The van der Waals surface area contributed by atoms with Crippen LogP contribution in [0.2, 0.25) is 0 Å². The van der Waals surface area contributed by atoms with Crippen LogP contribution in [-0.4, -0.2) is 50.2 Å². The van der Waals surface area contributed by atoms with Crippen LogP contribution in [0, 0.1) is 24.1 Å². The maximum atomic E-state index is 13.8. The fourth-order valence-corrected chi connectivity index (χ4v) is 2.96. The van der Waals surface area contributed by atoms with E-state index in [-0.39, 0.29) is 5.56 Å². The third kappa shape index (κ3) is 3.48. The molecule has 0 aliphatic carbocycles. The topological polar surface area (TPSA) is 59.3 Å². The van der Waals surface area contributed by atoms with E-state index in [1.165, 1.54) is 6.07 Å². The predicted octanol–water partition coefficient (Wildman–Crippen LogP) is 2.19. The number of halogens is 1. The monoisotopic (exact) mass is 340 g/mol. The lowest BCUT2D eigenvalue weighted by Crippen LogP contribution is -2.47. The first-order valence-corrected chi connectivity index (χ1v) is 8.21. The van der Waals surface area contributed by atoms with E-state index >= 15 is 0 Å². The molecule has 1 aliphatic rings. The number of hydrogen-bond acceptors (Lipinski definition) is 6. The molecule has 1 aliphatic heterocycles. The molecule has 2 aromatic rings. The molecule has 0 radical (unpaired) electrons. The average Bonchev–Trinajstić information content (AvgIpc) is 2.61. The molecule has 0 unspecified atom stereocenters. The van der Waals surface area contributed by atoms with Crippen LogP contribution in [0.15, 0.2) is 24.3 Å². The van der Waals surface area contributed by atoms with Crippen molar-refractivity contribution < 1.29 is 4.39 Å². The fraction of sp³-hybridized carbons (Fsp3) is 0.389. The number of rotatable bonds is 3. The van der Waals surface area contributed by atoms with Crippen LogP contribution < -0.4 is 14.7 Å². The quantitative estimate of drug-likeness (QED) is 0.854. The second-order valence-corrected chi connectivity index (χ2v) is 6.28. The highest BCUT2D eigenvalue weighted by molar-refractivity contribution is 5.61. The van der Waals surface area contributed by atoms with Crippen molar-refractivity contribution >= 4 is 17.5 Å². The molecule has 3 rings (SSSR count). The summed E-state index contributed by atoms with van der Waals surface area (Å²) in [5, 5.41) is 9.22. The van der Waals surface area contributed by atoms with Gasteiger partial charge in [-0.2, -0.15) is 10.2 Å². The third-order valence-corrected chi connectivity index (χ3v) is 4.28. The van der Waals surface area contributed by atoms with Crippen molar-refractivity contribution in [2.24, 2.45) is 0 Å². The number of nitrogens with zero attached hydrogens (tertiary/aromatic N) is 6. The molecule has 1 saturated heterocycles. The Hall–Kier alpha value is -2.88. The van der Waals surface area contributed by atoms with Crippen molar-refractivity contribution in [2.45, 2.75) is 6.92 Å². The number of piperazine rings is 1. The normalized spacial score (nSPS) is 14.4. The van der Waals surface area contributed by atoms with Crippen molar-refractivity contribution in [1.82, 2.24) is 9.97 Å². The van der Waals surface area contributed by atoms with Crippen molar-refractivity contribution in [1.29, 1.82) is 5.26 Å². The Morgan fingerprint density at radius 2 is 1.80 bits per heavy atom. The second kappa shape index (κ2) is 6.93. The minimum atomic E-state index is -0.468. The molecule has 0 N–H and O–H groups in total. The van der Waals surface area contributed by atoms with E-state index in [1.54, 1.807) is 12.1 Å². The maximum Gasteiger partial charge on any atom is 0.226 e. The van der Waals surface area contributed by atoms with E-state index in [2.05, 4.69) is 19.8 Å². The van der Waals surface area contributed by atoms with Gasteiger partial charge in [-0.05, 0) is 19.1 Å². The lowest BCUT2D eigenvalue weighted by Gasteiger charge is -2.37. The Kier molecular flexibility index (Phi) is 4.70. The summed E-state index contributed by atoms with van der Waals surface area (Å²) < 4.78 is 13.8. The number of nitriles is 1. The molecule has 7 heteroatoms. The molecule has 1 aromatic heterocycles. The van der Waals surface area contributed by atoms with Gasteiger partial charge in [0.25, 0.3) is 0 Å². The van der Waals surface area contributed by atoms with E-state index in [0.717, 1.165) is 24.6 Å². The number of aryl methyl sites for hydroxylation is 1. The van der Waals surface area contributed by atoms with Crippen LogP contribution >= 0.6 is 0 Å². The van der Waals surface area contributed by atoms with E-state index < -0.39 is 5.82 Å². The zero-order valence-electron chi connectivity index (χ0n) is 14.7. The Morgan fingerprint density at radius 1 is 1.12 bits per heavy atom. The van der Waals surface area contributed by atoms with E-state index in [0.29, 0.717) is 24.7 Å².